The summed E-state index contributed by atoms with van der Waals surface area (Å²) < 4.78 is 24.5. The van der Waals surface area contributed by atoms with Crippen molar-refractivity contribution in [3.63, 3.8) is 0 Å². The number of benzene rings is 1. The van der Waals surface area contributed by atoms with Crippen LogP contribution in [0.25, 0.3) is 0 Å². The Kier molecular flexibility index (Phi) is 2.50. The van der Waals surface area contributed by atoms with Crippen molar-refractivity contribution in [3.05, 3.63) is 35.4 Å². The molecule has 0 unspecified atom stereocenters. The van der Waals surface area contributed by atoms with Crippen LogP contribution in [0.4, 0.5) is 8.78 Å². The van der Waals surface area contributed by atoms with E-state index in [2.05, 4.69) is 0 Å². The monoisotopic (exact) mass is 197 g/mol. The second-order valence-corrected chi connectivity index (χ2v) is 3.83. The van der Waals surface area contributed by atoms with E-state index in [0.29, 0.717) is 5.92 Å². The van der Waals surface area contributed by atoms with Crippen LogP contribution in [0.3, 0.4) is 0 Å². The molecule has 0 bridgehead atoms. The van der Waals surface area contributed by atoms with E-state index in [1.54, 1.807) is 12.1 Å². The Balaban J connectivity index is 2.12. The van der Waals surface area contributed by atoms with E-state index in [1.165, 1.54) is 12.1 Å². The topological polar surface area (TPSA) is 26.0 Å². The molecule has 0 heterocycles. The molecule has 1 atom stereocenters. The van der Waals surface area contributed by atoms with Crippen LogP contribution < -0.4 is 5.73 Å². The van der Waals surface area contributed by atoms with Crippen LogP contribution in [0.1, 0.15) is 36.4 Å². The number of nitrogens with two attached hydrogens (primary N) is 1. The summed E-state index contributed by atoms with van der Waals surface area (Å²) in [7, 11) is 0. The van der Waals surface area contributed by atoms with Gasteiger partial charge in [-0.15, -0.1) is 0 Å². The third kappa shape index (κ3) is 1.93. The van der Waals surface area contributed by atoms with Crippen LogP contribution in [-0.2, 0) is 0 Å². The van der Waals surface area contributed by atoms with E-state index < -0.39 is 6.43 Å². The average Bonchev–Trinajstić information content (AvgIpc) is 3.00. The van der Waals surface area contributed by atoms with Gasteiger partial charge in [0, 0.05) is 11.6 Å². The molecular weight excluding hydrogens is 184 g/mol. The van der Waals surface area contributed by atoms with Crippen LogP contribution in [0, 0.1) is 5.92 Å². The van der Waals surface area contributed by atoms with Gasteiger partial charge in [0.05, 0.1) is 0 Å². The molecule has 1 nitrogen and oxygen atoms in total. The van der Waals surface area contributed by atoms with Crippen LogP contribution in [0.15, 0.2) is 24.3 Å². The number of alkyl halides is 2. The van der Waals surface area contributed by atoms with Crippen molar-refractivity contribution >= 4 is 0 Å². The maximum atomic E-state index is 12.2. The molecule has 76 valence electrons. The predicted molar refractivity (Wildman–Crippen MR) is 51.1 cm³/mol. The largest absolute Gasteiger partial charge is 0.324 e. The van der Waals surface area contributed by atoms with E-state index in [0.717, 1.165) is 18.4 Å². The highest BCUT2D eigenvalue weighted by molar-refractivity contribution is 5.26. The van der Waals surface area contributed by atoms with E-state index in [9.17, 15) is 8.78 Å². The fraction of sp³-hybridized carbons (Fsp3) is 0.455. The first-order valence-corrected chi connectivity index (χ1v) is 4.82. The first-order valence-electron chi connectivity index (χ1n) is 4.82. The van der Waals surface area contributed by atoms with Crippen molar-refractivity contribution in [1.29, 1.82) is 0 Å². The van der Waals surface area contributed by atoms with Gasteiger partial charge in [0.2, 0.25) is 0 Å². The van der Waals surface area contributed by atoms with Gasteiger partial charge in [0.25, 0.3) is 6.43 Å². The maximum absolute atomic E-state index is 12.2. The summed E-state index contributed by atoms with van der Waals surface area (Å²) in [6, 6.07) is 6.38. The Morgan fingerprint density at radius 3 is 2.00 bits per heavy atom. The van der Waals surface area contributed by atoms with Gasteiger partial charge >= 0.3 is 0 Å². The summed E-state index contributed by atoms with van der Waals surface area (Å²) in [4.78, 5) is 0. The van der Waals surface area contributed by atoms with Gasteiger partial charge in [0.1, 0.15) is 0 Å². The molecule has 1 aromatic rings. The molecule has 3 heteroatoms. The van der Waals surface area contributed by atoms with Gasteiger partial charge in [-0.1, -0.05) is 24.3 Å². The average molecular weight is 197 g/mol. The standard InChI is InChI=1S/C11H13F2N/c12-11(13)9-5-3-8(4-6-9)10(14)7-1-2-7/h3-7,10-11H,1-2,14H2/t10-/m1/s1. The molecule has 0 aromatic heterocycles. The minimum absolute atomic E-state index is 0.0294. The molecule has 14 heavy (non-hydrogen) atoms. The Morgan fingerprint density at radius 2 is 1.57 bits per heavy atom. The van der Waals surface area contributed by atoms with E-state index in [4.69, 9.17) is 5.73 Å². The fourth-order valence-corrected chi connectivity index (χ4v) is 1.59. The normalized spacial score (nSPS) is 18.6. The highest BCUT2D eigenvalue weighted by atomic mass is 19.3. The van der Waals surface area contributed by atoms with Gasteiger partial charge in [-0.3, -0.25) is 0 Å². The van der Waals surface area contributed by atoms with Crippen molar-refractivity contribution in [3.8, 4) is 0 Å². The lowest BCUT2D eigenvalue weighted by molar-refractivity contribution is 0.151. The molecule has 1 aliphatic carbocycles. The number of hydrogen-bond donors (Lipinski definition) is 1. The zero-order valence-electron chi connectivity index (χ0n) is 7.79. The van der Waals surface area contributed by atoms with Crippen molar-refractivity contribution in [1.82, 2.24) is 0 Å². The Morgan fingerprint density at radius 1 is 1.07 bits per heavy atom. The van der Waals surface area contributed by atoms with E-state index in [-0.39, 0.29) is 11.6 Å². The fourth-order valence-electron chi connectivity index (χ4n) is 1.59. The molecule has 2 N–H and O–H groups in total. The molecule has 1 fully saturated rings. The van der Waals surface area contributed by atoms with Crippen LogP contribution in [0.5, 0.6) is 0 Å². The van der Waals surface area contributed by atoms with Crippen molar-refractivity contribution in [2.75, 3.05) is 0 Å². The molecule has 0 spiro atoms. The van der Waals surface area contributed by atoms with Gasteiger partial charge < -0.3 is 5.73 Å². The van der Waals surface area contributed by atoms with Gasteiger partial charge in [-0.05, 0) is 24.3 Å². The minimum Gasteiger partial charge on any atom is -0.324 e. The third-order valence-corrected chi connectivity index (χ3v) is 2.70. The third-order valence-electron chi connectivity index (χ3n) is 2.70. The first-order chi connectivity index (χ1) is 6.68. The zero-order valence-corrected chi connectivity index (χ0v) is 7.79. The summed E-state index contributed by atoms with van der Waals surface area (Å²) in [5, 5.41) is 0. The number of hydrogen-bond acceptors (Lipinski definition) is 1. The summed E-state index contributed by atoms with van der Waals surface area (Å²) in [6.07, 6.45) is -0.0589. The Bertz CT molecular complexity index is 304. The second kappa shape index (κ2) is 3.65. The predicted octanol–water partition coefficient (Wildman–Crippen LogP) is 3.03. The zero-order chi connectivity index (χ0) is 10.1. The minimum atomic E-state index is -2.39. The van der Waals surface area contributed by atoms with Crippen LogP contribution in [-0.4, -0.2) is 0 Å². The SMILES string of the molecule is N[C@@H](c1ccc(C(F)F)cc1)C1CC1. The smallest absolute Gasteiger partial charge is 0.263 e. The lowest BCUT2D eigenvalue weighted by Crippen LogP contribution is -2.12. The molecule has 0 radical (unpaired) electrons. The van der Waals surface area contributed by atoms with Crippen molar-refractivity contribution < 1.29 is 8.78 Å². The van der Waals surface area contributed by atoms with E-state index >= 15 is 0 Å². The lowest BCUT2D eigenvalue weighted by atomic mass is 10.0. The highest BCUT2D eigenvalue weighted by Gasteiger charge is 2.29. The van der Waals surface area contributed by atoms with Gasteiger partial charge in [-0.25, -0.2) is 8.78 Å². The molecule has 0 saturated heterocycles. The number of rotatable bonds is 3. The summed E-state index contributed by atoms with van der Waals surface area (Å²) in [5.41, 5.74) is 6.97. The summed E-state index contributed by atoms with van der Waals surface area (Å²) in [5.74, 6) is 0.562. The molecule has 1 aromatic carbocycles. The second-order valence-electron chi connectivity index (χ2n) is 3.83. The van der Waals surface area contributed by atoms with Crippen LogP contribution in [0.2, 0.25) is 0 Å². The molecule has 0 amide bonds. The van der Waals surface area contributed by atoms with Crippen molar-refractivity contribution in [2.24, 2.45) is 11.7 Å². The molecule has 2 rings (SSSR count). The molecule has 1 aliphatic rings. The van der Waals surface area contributed by atoms with Gasteiger partial charge in [-0.2, -0.15) is 0 Å². The quantitative estimate of drug-likeness (QED) is 0.791. The Labute approximate surface area is 81.9 Å². The molecular formula is C11H13F2N. The molecule has 0 aliphatic heterocycles. The first kappa shape index (κ1) is 9.59. The van der Waals surface area contributed by atoms with Crippen molar-refractivity contribution in [2.45, 2.75) is 25.3 Å². The molecule has 1 saturated carbocycles. The number of halogens is 2. The lowest BCUT2D eigenvalue weighted by Gasteiger charge is -2.10. The summed E-state index contributed by atoms with van der Waals surface area (Å²) in [6.45, 7) is 0. The van der Waals surface area contributed by atoms with E-state index in [1.807, 2.05) is 0 Å². The van der Waals surface area contributed by atoms with Crippen LogP contribution >= 0.6 is 0 Å². The highest BCUT2D eigenvalue weighted by Crippen LogP contribution is 2.39. The van der Waals surface area contributed by atoms with Gasteiger partial charge in [0.15, 0.2) is 0 Å². The summed E-state index contributed by atoms with van der Waals surface area (Å²) >= 11 is 0. The maximum Gasteiger partial charge on any atom is 0.263 e. The Hall–Kier alpha value is -0.960.